The number of methoxy groups -OCH3 is 1. The van der Waals surface area contributed by atoms with Crippen LogP contribution in [-0.2, 0) is 4.74 Å². The lowest BCUT2D eigenvalue weighted by Crippen LogP contribution is -2.15. The summed E-state index contributed by atoms with van der Waals surface area (Å²) in [6, 6.07) is 2.10. The van der Waals surface area contributed by atoms with Gasteiger partial charge >= 0.3 is 0 Å². The molecular formula is C14H20BN2O. The topological polar surface area (TPSA) is 48.1 Å². The van der Waals surface area contributed by atoms with Crippen molar-refractivity contribution in [3.8, 4) is 0 Å². The maximum Gasteiger partial charge on any atom is 0.150 e. The van der Waals surface area contributed by atoms with Crippen molar-refractivity contribution in [2.45, 2.75) is 32.5 Å². The number of hydrogen-bond donors (Lipinski definition) is 1. The van der Waals surface area contributed by atoms with Gasteiger partial charge in [0.05, 0.1) is 13.4 Å². The van der Waals surface area contributed by atoms with Gasteiger partial charge in [0, 0.05) is 17.3 Å². The fourth-order valence-corrected chi connectivity index (χ4v) is 2.62. The van der Waals surface area contributed by atoms with Crippen molar-refractivity contribution < 1.29 is 4.74 Å². The molecule has 0 aromatic carbocycles. The Hall–Kier alpha value is -1.45. The van der Waals surface area contributed by atoms with E-state index in [9.17, 15) is 0 Å². The van der Waals surface area contributed by atoms with E-state index in [0.29, 0.717) is 11.7 Å². The zero-order valence-electron chi connectivity index (χ0n) is 11.1. The number of ether oxygens (including phenoxy) is 1. The van der Waals surface area contributed by atoms with Gasteiger partial charge < -0.3 is 10.5 Å². The molecule has 2 N–H and O–H groups in total. The molecule has 1 radical (unpaired) electrons. The van der Waals surface area contributed by atoms with Crippen LogP contribution in [0.2, 0.25) is 6.82 Å². The molecule has 0 aliphatic heterocycles. The first-order valence-corrected chi connectivity index (χ1v) is 6.54. The molecule has 1 aromatic rings. The molecule has 1 aliphatic rings. The number of nitrogens with two attached hydrogens (primary N) is 1. The lowest BCUT2D eigenvalue weighted by molar-refractivity contribution is 0.337. The number of nitrogen functional groups attached to an aromatic ring is 1. The van der Waals surface area contributed by atoms with Crippen molar-refractivity contribution >= 4 is 24.1 Å². The van der Waals surface area contributed by atoms with Crippen LogP contribution in [0.1, 0.15) is 31.2 Å². The second-order valence-corrected chi connectivity index (χ2v) is 4.78. The van der Waals surface area contributed by atoms with Gasteiger partial charge in [-0.25, -0.2) is 4.98 Å². The molecular weight excluding hydrogens is 223 g/mol. The molecule has 1 heterocycles. The van der Waals surface area contributed by atoms with Gasteiger partial charge in [-0.2, -0.15) is 0 Å². The summed E-state index contributed by atoms with van der Waals surface area (Å²) in [6.07, 6.45) is 8.65. The van der Waals surface area contributed by atoms with Crippen molar-refractivity contribution in [2.24, 2.45) is 5.92 Å². The zero-order chi connectivity index (χ0) is 13.0. The van der Waals surface area contributed by atoms with Gasteiger partial charge in [0.2, 0.25) is 0 Å². The molecule has 1 aromatic heterocycles. The van der Waals surface area contributed by atoms with Crippen LogP contribution in [0.4, 0.5) is 5.82 Å². The van der Waals surface area contributed by atoms with Crippen LogP contribution in [-0.4, -0.2) is 19.4 Å². The van der Waals surface area contributed by atoms with E-state index in [0.717, 1.165) is 11.0 Å². The van der Waals surface area contributed by atoms with Crippen LogP contribution in [0.5, 0.6) is 0 Å². The molecule has 0 saturated heterocycles. The summed E-state index contributed by atoms with van der Waals surface area (Å²) < 4.78 is 5.24. The van der Waals surface area contributed by atoms with Crippen molar-refractivity contribution in [1.82, 2.24) is 4.98 Å². The molecule has 18 heavy (non-hydrogen) atoms. The van der Waals surface area contributed by atoms with Crippen molar-refractivity contribution in [1.29, 1.82) is 0 Å². The minimum absolute atomic E-state index is 0.557. The Kier molecular flexibility index (Phi) is 4.29. The Balaban J connectivity index is 2.38. The molecule has 3 nitrogen and oxygen atoms in total. The maximum atomic E-state index is 6.02. The highest BCUT2D eigenvalue weighted by atomic mass is 16.5. The first kappa shape index (κ1) is 13.0. The van der Waals surface area contributed by atoms with Gasteiger partial charge in [-0.3, -0.25) is 0 Å². The van der Waals surface area contributed by atoms with E-state index < -0.39 is 0 Å². The van der Waals surface area contributed by atoms with E-state index in [-0.39, 0.29) is 0 Å². The molecule has 0 amide bonds. The molecule has 1 saturated carbocycles. The van der Waals surface area contributed by atoms with Crippen molar-refractivity contribution in [3.63, 3.8) is 0 Å². The minimum Gasteiger partial charge on any atom is -0.504 e. The molecule has 0 spiro atoms. The molecule has 4 heteroatoms. The van der Waals surface area contributed by atoms with E-state index in [1.54, 1.807) is 13.3 Å². The first-order valence-electron chi connectivity index (χ1n) is 6.54. The Morgan fingerprint density at radius 3 is 2.83 bits per heavy atom. The van der Waals surface area contributed by atoms with Crippen LogP contribution >= 0.6 is 0 Å². The molecule has 95 valence electrons. The lowest BCUT2D eigenvalue weighted by atomic mass is 9.73. The number of pyridine rings is 1. The predicted molar refractivity (Wildman–Crippen MR) is 76.8 cm³/mol. The number of allylic oxidation sites excluding steroid dienone is 1. The fourth-order valence-electron chi connectivity index (χ4n) is 2.62. The Labute approximate surface area is 110 Å². The van der Waals surface area contributed by atoms with Gasteiger partial charge in [-0.05, 0) is 18.8 Å². The van der Waals surface area contributed by atoms with E-state index in [1.165, 1.54) is 31.3 Å². The van der Waals surface area contributed by atoms with Gasteiger partial charge in [0.15, 0.2) is 0 Å². The number of hydrogen-bond acceptors (Lipinski definition) is 3. The smallest absolute Gasteiger partial charge is 0.150 e. The summed E-state index contributed by atoms with van der Waals surface area (Å²) in [5.41, 5.74) is 9.34. The third-order valence-electron chi connectivity index (χ3n) is 3.62. The molecule has 1 fully saturated rings. The highest BCUT2D eigenvalue weighted by Crippen LogP contribution is 2.37. The standard InChI is InChI=1S/C14H20BN2O/c1-15-11-7-12(14(16)17-8-11)13(9-18-2)10-5-3-4-6-10/h7-10H,3-6H2,1-2H3,(H2,16,17)/b13-9+. The summed E-state index contributed by atoms with van der Waals surface area (Å²) in [7, 11) is 3.73. The van der Waals surface area contributed by atoms with E-state index >= 15 is 0 Å². The first-order chi connectivity index (χ1) is 8.76. The second kappa shape index (κ2) is 5.94. The van der Waals surface area contributed by atoms with Crippen LogP contribution in [0.25, 0.3) is 5.57 Å². The second-order valence-electron chi connectivity index (χ2n) is 4.78. The molecule has 2 rings (SSSR count). The number of rotatable bonds is 4. The highest BCUT2D eigenvalue weighted by molar-refractivity contribution is 6.51. The SMILES string of the molecule is C[B]c1cnc(N)c(/C(=C/OC)C2CCCC2)c1. The summed E-state index contributed by atoms with van der Waals surface area (Å²) in [5, 5.41) is 0. The van der Waals surface area contributed by atoms with Crippen molar-refractivity contribution in [3.05, 3.63) is 24.1 Å². The predicted octanol–water partition coefficient (Wildman–Crippen LogP) is 2.22. The average molecular weight is 243 g/mol. The maximum absolute atomic E-state index is 6.02. The Morgan fingerprint density at radius 1 is 1.50 bits per heavy atom. The molecule has 0 unspecified atom stereocenters. The zero-order valence-corrected chi connectivity index (χ0v) is 11.1. The lowest BCUT2D eigenvalue weighted by Gasteiger charge is -2.16. The Morgan fingerprint density at radius 2 is 2.22 bits per heavy atom. The molecule has 1 aliphatic carbocycles. The summed E-state index contributed by atoms with van der Waals surface area (Å²) in [4.78, 5) is 4.27. The van der Waals surface area contributed by atoms with Crippen LogP contribution in [0, 0.1) is 5.92 Å². The van der Waals surface area contributed by atoms with Gasteiger partial charge in [-0.15, -0.1) is 0 Å². The van der Waals surface area contributed by atoms with Crippen molar-refractivity contribution in [2.75, 3.05) is 12.8 Å². The van der Waals surface area contributed by atoms with Crippen LogP contribution < -0.4 is 11.2 Å². The van der Waals surface area contributed by atoms with Crippen LogP contribution in [0.3, 0.4) is 0 Å². The van der Waals surface area contributed by atoms with Gasteiger partial charge in [0.25, 0.3) is 0 Å². The largest absolute Gasteiger partial charge is 0.504 e. The summed E-state index contributed by atoms with van der Waals surface area (Å²) >= 11 is 0. The average Bonchev–Trinajstić information content (AvgIpc) is 2.91. The third-order valence-corrected chi connectivity index (χ3v) is 3.62. The number of nitrogens with zero attached hydrogens (tertiary/aromatic N) is 1. The quantitative estimate of drug-likeness (QED) is 0.651. The minimum atomic E-state index is 0.557. The number of anilines is 1. The van der Waals surface area contributed by atoms with Crippen LogP contribution in [0.15, 0.2) is 18.5 Å². The summed E-state index contributed by atoms with van der Waals surface area (Å²) in [5.74, 6) is 1.15. The monoisotopic (exact) mass is 243 g/mol. The summed E-state index contributed by atoms with van der Waals surface area (Å²) in [6.45, 7) is 2.01. The van der Waals surface area contributed by atoms with E-state index in [1.807, 2.05) is 20.4 Å². The molecule has 0 atom stereocenters. The van der Waals surface area contributed by atoms with E-state index in [4.69, 9.17) is 10.5 Å². The Bertz CT molecular complexity index is 439. The number of aromatic nitrogens is 1. The van der Waals surface area contributed by atoms with E-state index in [2.05, 4.69) is 11.1 Å². The fraction of sp³-hybridized carbons (Fsp3) is 0.500. The molecule has 0 bridgehead atoms. The highest BCUT2D eigenvalue weighted by Gasteiger charge is 2.23. The van der Waals surface area contributed by atoms with Gasteiger partial charge in [0.1, 0.15) is 13.1 Å². The normalized spacial score (nSPS) is 16.9. The van der Waals surface area contributed by atoms with Gasteiger partial charge in [-0.1, -0.05) is 31.2 Å². The third kappa shape index (κ3) is 2.69.